The molecule has 1 heterocycles. The van der Waals surface area contributed by atoms with Gasteiger partial charge in [-0.05, 0) is 19.3 Å². The van der Waals surface area contributed by atoms with Crippen molar-refractivity contribution in [2.45, 2.75) is 19.8 Å². The summed E-state index contributed by atoms with van der Waals surface area (Å²) in [5.41, 5.74) is 0. The van der Waals surface area contributed by atoms with E-state index in [1.165, 1.54) is 0 Å². The number of ether oxygens (including phenoxy) is 1. The van der Waals surface area contributed by atoms with E-state index in [1.54, 1.807) is 11.8 Å². The van der Waals surface area contributed by atoms with E-state index in [0.29, 0.717) is 37.8 Å². The van der Waals surface area contributed by atoms with Crippen molar-refractivity contribution in [3.8, 4) is 0 Å². The van der Waals surface area contributed by atoms with Gasteiger partial charge in [-0.25, -0.2) is 4.79 Å². The van der Waals surface area contributed by atoms with E-state index >= 15 is 0 Å². The first-order valence-electron chi connectivity index (χ1n) is 5.15. The van der Waals surface area contributed by atoms with Crippen LogP contribution in [0.3, 0.4) is 0 Å². The summed E-state index contributed by atoms with van der Waals surface area (Å²) in [6.07, 6.45) is 1.35. The first-order chi connectivity index (χ1) is 6.70. The lowest BCUT2D eigenvalue weighted by Crippen LogP contribution is -2.41. The second-order valence-electron chi connectivity index (χ2n) is 4.07. The number of hydrogen-bond acceptors (Lipinski definition) is 3. The zero-order valence-electron chi connectivity index (χ0n) is 8.36. The van der Waals surface area contributed by atoms with Gasteiger partial charge in [0.15, 0.2) is 0 Å². The van der Waals surface area contributed by atoms with Gasteiger partial charge >= 0.3 is 6.09 Å². The van der Waals surface area contributed by atoms with Crippen molar-refractivity contribution in [2.24, 2.45) is 11.8 Å². The maximum atomic E-state index is 11.4. The number of carbonyl (C=O) groups is 2. The Hall–Kier alpha value is -1.06. The summed E-state index contributed by atoms with van der Waals surface area (Å²) in [7, 11) is 0. The van der Waals surface area contributed by atoms with Gasteiger partial charge in [0, 0.05) is 25.4 Å². The molecule has 2 fully saturated rings. The Bertz CT molecular complexity index is 264. The maximum Gasteiger partial charge on any atom is 0.409 e. The minimum atomic E-state index is -0.267. The Morgan fingerprint density at radius 1 is 1.57 bits per heavy atom. The number of carbonyl (C=O) groups excluding carboxylic acids is 2. The highest BCUT2D eigenvalue weighted by molar-refractivity contribution is 5.85. The molecule has 14 heavy (non-hydrogen) atoms. The third-order valence-corrected chi connectivity index (χ3v) is 3.01. The van der Waals surface area contributed by atoms with Crippen LogP contribution < -0.4 is 0 Å². The van der Waals surface area contributed by atoms with Crippen molar-refractivity contribution in [3.63, 3.8) is 0 Å². The topological polar surface area (TPSA) is 46.6 Å². The fourth-order valence-electron chi connectivity index (χ4n) is 2.40. The largest absolute Gasteiger partial charge is 0.450 e. The molecule has 1 amide bonds. The first kappa shape index (κ1) is 9.49. The molecular formula is C10H15NO3. The van der Waals surface area contributed by atoms with E-state index in [1.807, 2.05) is 0 Å². The summed E-state index contributed by atoms with van der Waals surface area (Å²) in [5, 5.41) is 0. The van der Waals surface area contributed by atoms with Crippen molar-refractivity contribution in [1.82, 2.24) is 4.90 Å². The molecule has 2 atom stereocenters. The van der Waals surface area contributed by atoms with E-state index in [0.717, 1.165) is 6.42 Å². The van der Waals surface area contributed by atoms with E-state index in [4.69, 9.17) is 4.74 Å². The highest BCUT2D eigenvalue weighted by Gasteiger charge is 2.40. The number of ketones is 1. The third-order valence-electron chi connectivity index (χ3n) is 3.01. The molecule has 78 valence electrons. The molecule has 0 aromatic carbocycles. The molecule has 2 bridgehead atoms. The summed E-state index contributed by atoms with van der Waals surface area (Å²) >= 11 is 0. The molecule has 2 rings (SSSR count). The molecule has 0 aromatic heterocycles. The van der Waals surface area contributed by atoms with Gasteiger partial charge in [0.1, 0.15) is 5.78 Å². The van der Waals surface area contributed by atoms with Gasteiger partial charge in [-0.2, -0.15) is 0 Å². The molecule has 4 nitrogen and oxygen atoms in total. The fourth-order valence-corrected chi connectivity index (χ4v) is 2.40. The monoisotopic (exact) mass is 197 g/mol. The molecule has 0 aromatic rings. The predicted octanol–water partition coefficient (Wildman–Crippen LogP) is 1.05. The molecule has 1 aliphatic carbocycles. The number of rotatable bonds is 1. The lowest BCUT2D eigenvalue weighted by molar-refractivity contribution is -0.120. The van der Waals surface area contributed by atoms with Crippen LogP contribution in [0.2, 0.25) is 0 Å². The number of Topliss-reactive ketones (excluding diaryl/α,β-unsaturated/α-hetero) is 1. The van der Waals surface area contributed by atoms with Crippen molar-refractivity contribution in [2.75, 3.05) is 19.7 Å². The van der Waals surface area contributed by atoms with Crippen LogP contribution in [0.25, 0.3) is 0 Å². The highest BCUT2D eigenvalue weighted by atomic mass is 16.6. The van der Waals surface area contributed by atoms with Gasteiger partial charge in [-0.1, -0.05) is 0 Å². The summed E-state index contributed by atoms with van der Waals surface area (Å²) in [6, 6.07) is 0. The zero-order valence-corrected chi connectivity index (χ0v) is 8.36. The van der Waals surface area contributed by atoms with Crippen molar-refractivity contribution >= 4 is 11.9 Å². The van der Waals surface area contributed by atoms with E-state index < -0.39 is 0 Å². The first-order valence-corrected chi connectivity index (χ1v) is 5.15. The molecule has 0 N–H and O–H groups in total. The van der Waals surface area contributed by atoms with Crippen LogP contribution in [-0.4, -0.2) is 36.5 Å². The van der Waals surface area contributed by atoms with Crippen LogP contribution in [0.15, 0.2) is 0 Å². The van der Waals surface area contributed by atoms with Crippen LogP contribution in [0.4, 0.5) is 4.79 Å². The molecule has 0 radical (unpaired) electrons. The Morgan fingerprint density at radius 3 is 3.00 bits per heavy atom. The van der Waals surface area contributed by atoms with Crippen LogP contribution in [0.1, 0.15) is 19.8 Å². The minimum Gasteiger partial charge on any atom is -0.450 e. The van der Waals surface area contributed by atoms with Gasteiger partial charge in [-0.15, -0.1) is 0 Å². The molecule has 1 saturated heterocycles. The number of likely N-dealkylation sites (tertiary alicyclic amines) is 1. The number of nitrogens with zero attached hydrogens (tertiary/aromatic N) is 1. The molecule has 2 aliphatic rings. The highest BCUT2D eigenvalue weighted by Crippen LogP contribution is 2.33. The summed E-state index contributed by atoms with van der Waals surface area (Å²) in [5.74, 6) is 0.783. The van der Waals surface area contributed by atoms with Crippen LogP contribution in [0.5, 0.6) is 0 Å². The van der Waals surface area contributed by atoms with E-state index in [9.17, 15) is 9.59 Å². The van der Waals surface area contributed by atoms with E-state index in [2.05, 4.69) is 0 Å². The SMILES string of the molecule is CCOC(=O)N1C[C@@H]2CC(=O)[C@H](C2)C1. The van der Waals surface area contributed by atoms with Crippen LogP contribution in [0, 0.1) is 11.8 Å². The predicted molar refractivity (Wildman–Crippen MR) is 49.8 cm³/mol. The van der Waals surface area contributed by atoms with Crippen LogP contribution in [-0.2, 0) is 9.53 Å². The number of fused-ring (bicyclic) bond motifs is 2. The number of piperidine rings is 1. The van der Waals surface area contributed by atoms with Gasteiger partial charge in [0.25, 0.3) is 0 Å². The Labute approximate surface area is 83.2 Å². The summed E-state index contributed by atoms with van der Waals surface area (Å²) in [6.45, 7) is 3.45. The molecule has 1 aliphatic heterocycles. The summed E-state index contributed by atoms with van der Waals surface area (Å²) in [4.78, 5) is 24.5. The summed E-state index contributed by atoms with van der Waals surface area (Å²) < 4.78 is 4.92. The zero-order chi connectivity index (χ0) is 10.1. The van der Waals surface area contributed by atoms with Crippen molar-refractivity contribution in [3.05, 3.63) is 0 Å². The lowest BCUT2D eigenvalue weighted by Gasteiger charge is -2.29. The molecular weight excluding hydrogens is 182 g/mol. The standard InChI is InChI=1S/C10H15NO3/c1-2-14-10(13)11-5-7-3-8(6-11)9(12)4-7/h7-8H,2-6H2,1H3/t7-,8+/m0/s1. The third kappa shape index (κ3) is 1.61. The number of hydrogen-bond donors (Lipinski definition) is 0. The second-order valence-corrected chi connectivity index (χ2v) is 4.07. The molecule has 0 unspecified atom stereocenters. The van der Waals surface area contributed by atoms with E-state index in [-0.39, 0.29) is 12.0 Å². The smallest absolute Gasteiger partial charge is 0.409 e. The van der Waals surface area contributed by atoms with Gasteiger partial charge in [0.2, 0.25) is 0 Å². The molecule has 1 saturated carbocycles. The fraction of sp³-hybridized carbons (Fsp3) is 0.800. The molecule has 0 spiro atoms. The average molecular weight is 197 g/mol. The Balaban J connectivity index is 1.98. The minimum absolute atomic E-state index is 0.0816. The average Bonchev–Trinajstić information content (AvgIpc) is 2.41. The lowest BCUT2D eigenvalue weighted by atomic mass is 9.99. The number of amides is 1. The van der Waals surface area contributed by atoms with Crippen LogP contribution >= 0.6 is 0 Å². The Morgan fingerprint density at radius 2 is 2.36 bits per heavy atom. The van der Waals surface area contributed by atoms with Crippen molar-refractivity contribution < 1.29 is 14.3 Å². The van der Waals surface area contributed by atoms with Gasteiger partial charge in [0.05, 0.1) is 6.61 Å². The Kier molecular flexibility index (Phi) is 2.44. The maximum absolute atomic E-state index is 11.4. The molecule has 4 heteroatoms. The quantitative estimate of drug-likeness (QED) is 0.631. The second kappa shape index (κ2) is 3.59. The van der Waals surface area contributed by atoms with Gasteiger partial charge < -0.3 is 9.64 Å². The van der Waals surface area contributed by atoms with Crippen molar-refractivity contribution in [1.29, 1.82) is 0 Å². The normalized spacial score (nSPS) is 30.6. The van der Waals surface area contributed by atoms with Gasteiger partial charge in [-0.3, -0.25) is 4.79 Å².